The minimum Gasteiger partial charge on any atom is -0.508 e. The third-order valence-corrected chi connectivity index (χ3v) is 15.6. The number of phenols is 1. The third kappa shape index (κ3) is 8.69. The average Bonchev–Trinajstić information content (AvgIpc) is 4.14. The second kappa shape index (κ2) is 18.6. The van der Waals surface area contributed by atoms with Gasteiger partial charge in [0.2, 0.25) is 11.8 Å². The van der Waals surface area contributed by atoms with Crippen LogP contribution in [0.1, 0.15) is 75.8 Å². The Labute approximate surface area is 404 Å². The number of hydrogen-bond donors (Lipinski definition) is 2. The van der Waals surface area contributed by atoms with Gasteiger partial charge in [-0.3, -0.25) is 29.0 Å². The number of imide groups is 1. The molecule has 1 aliphatic carbocycles. The molecule has 3 aromatic heterocycles. The number of phenolic OH excluding ortho intramolecular Hbond substituents is 1. The summed E-state index contributed by atoms with van der Waals surface area (Å²) in [6.07, 6.45) is 16.2. The highest BCUT2D eigenvalue weighted by molar-refractivity contribution is 6.03. The van der Waals surface area contributed by atoms with Crippen molar-refractivity contribution in [3.63, 3.8) is 0 Å². The van der Waals surface area contributed by atoms with E-state index in [1.54, 1.807) is 17.8 Å². The predicted octanol–water partition coefficient (Wildman–Crippen LogP) is 6.51. The Balaban J connectivity index is 0.729. The predicted molar refractivity (Wildman–Crippen MR) is 264 cm³/mol. The highest BCUT2D eigenvalue weighted by atomic mass is 19.1. The summed E-state index contributed by atoms with van der Waals surface area (Å²) in [6, 6.07) is 11.0. The van der Waals surface area contributed by atoms with Crippen LogP contribution in [-0.2, 0) is 16.6 Å². The van der Waals surface area contributed by atoms with E-state index in [0.29, 0.717) is 41.1 Å². The van der Waals surface area contributed by atoms with Crippen molar-refractivity contribution in [1.29, 1.82) is 0 Å². The van der Waals surface area contributed by atoms with Crippen molar-refractivity contribution in [2.24, 2.45) is 18.4 Å². The van der Waals surface area contributed by atoms with Gasteiger partial charge >= 0.3 is 11.7 Å². The van der Waals surface area contributed by atoms with Gasteiger partial charge in [-0.25, -0.2) is 13.6 Å². The average molecular weight is 953 g/mol. The minimum absolute atomic E-state index is 0.0367. The molecule has 6 aromatic rings. The molecule has 5 fully saturated rings. The molecule has 364 valence electrons. The zero-order valence-corrected chi connectivity index (χ0v) is 39.6. The number of aromatic hydroxyl groups is 1. The Morgan fingerprint density at radius 1 is 0.871 bits per heavy atom. The number of hydrogen-bond acceptors (Lipinski definition) is 12. The summed E-state index contributed by atoms with van der Waals surface area (Å²) in [4.78, 5) is 61.6. The van der Waals surface area contributed by atoms with E-state index in [1.165, 1.54) is 28.8 Å². The highest BCUT2D eigenvalue weighted by Crippen LogP contribution is 2.47. The molecule has 4 saturated heterocycles. The summed E-state index contributed by atoms with van der Waals surface area (Å²) in [7, 11) is 1.73. The second-order valence-corrected chi connectivity index (χ2v) is 20.2. The van der Waals surface area contributed by atoms with Crippen molar-refractivity contribution >= 4 is 56.0 Å². The first kappa shape index (κ1) is 45.8. The molecule has 2 amide bonds. The van der Waals surface area contributed by atoms with E-state index < -0.39 is 23.6 Å². The zero-order chi connectivity index (χ0) is 48.3. The van der Waals surface area contributed by atoms with Gasteiger partial charge in [-0.15, -0.1) is 6.42 Å². The molecular formula is C53H58F2N10O5. The van der Waals surface area contributed by atoms with Crippen molar-refractivity contribution in [3.8, 4) is 35.4 Å². The van der Waals surface area contributed by atoms with Crippen LogP contribution in [0.3, 0.4) is 0 Å². The fraction of sp³-hybridized carbons (Fsp3) is 0.472. The first-order chi connectivity index (χ1) is 34.0. The smallest absolute Gasteiger partial charge is 0.329 e. The lowest BCUT2D eigenvalue weighted by molar-refractivity contribution is -0.135. The van der Waals surface area contributed by atoms with E-state index in [-0.39, 0.29) is 62.9 Å². The van der Waals surface area contributed by atoms with Crippen molar-refractivity contribution in [3.05, 3.63) is 76.3 Å². The van der Waals surface area contributed by atoms with Crippen LogP contribution in [0.15, 0.2) is 53.5 Å². The number of amides is 2. The van der Waals surface area contributed by atoms with E-state index in [2.05, 4.69) is 41.9 Å². The standard InChI is InChI=1S/C53H58F2N10O5/c1-3-37-40(54)10-8-34-26-36(66)28-38(45(34)37)47-46(55)48-39(29-56-47)49(64-18-6-4-5-7-19-64)59-51(58-48)70-32-53(16-17-53)31-62-24-22-61(23-25-62)30-33-14-20-63(21-15-33)35-9-11-41-43(27-35)60(2)52(69)65(41)42-12-13-44(67)57-50(42)68/h1,8-11,26-29,33,42,66H,4-7,12-25,30-32H2,2H3,(H,57,67,68). The maximum atomic E-state index is 17.1. The van der Waals surface area contributed by atoms with Gasteiger partial charge in [-0.1, -0.05) is 24.8 Å². The molecule has 70 heavy (non-hydrogen) atoms. The van der Waals surface area contributed by atoms with Gasteiger partial charge in [-0.05, 0) is 92.6 Å². The van der Waals surface area contributed by atoms with Crippen molar-refractivity contribution in [2.75, 3.05) is 81.9 Å². The molecule has 4 aliphatic heterocycles. The van der Waals surface area contributed by atoms with E-state index in [4.69, 9.17) is 21.1 Å². The Kier molecular flexibility index (Phi) is 12.2. The highest BCUT2D eigenvalue weighted by Gasteiger charge is 2.45. The monoisotopic (exact) mass is 952 g/mol. The Morgan fingerprint density at radius 3 is 2.36 bits per heavy atom. The van der Waals surface area contributed by atoms with Gasteiger partial charge in [0.05, 0.1) is 28.6 Å². The summed E-state index contributed by atoms with van der Waals surface area (Å²) in [6.45, 7) is 9.69. The number of carbonyl (C=O) groups excluding carboxylic acids is 2. The number of ether oxygens (including phenoxy) is 1. The number of halogens is 2. The second-order valence-electron chi connectivity index (χ2n) is 20.2. The van der Waals surface area contributed by atoms with Crippen LogP contribution in [0.4, 0.5) is 20.3 Å². The summed E-state index contributed by atoms with van der Waals surface area (Å²) in [5.74, 6) is 1.37. The van der Waals surface area contributed by atoms with Crippen LogP contribution in [0, 0.1) is 35.3 Å². The lowest BCUT2D eigenvalue weighted by atomic mass is 9.95. The number of aryl methyl sites for hydroxylation is 1. The van der Waals surface area contributed by atoms with Gasteiger partial charge in [-0.2, -0.15) is 9.97 Å². The van der Waals surface area contributed by atoms with Crippen molar-refractivity contribution in [2.45, 2.75) is 70.3 Å². The number of imidazole rings is 1. The number of anilines is 2. The number of carbonyl (C=O) groups is 2. The van der Waals surface area contributed by atoms with Gasteiger partial charge in [0.25, 0.3) is 0 Å². The Bertz CT molecular complexity index is 3140. The lowest BCUT2D eigenvalue weighted by Crippen LogP contribution is -2.50. The Hall–Kier alpha value is -6.64. The number of piperidine rings is 2. The number of benzene rings is 3. The zero-order valence-electron chi connectivity index (χ0n) is 39.6. The molecule has 3 aromatic carbocycles. The fourth-order valence-electron chi connectivity index (χ4n) is 11.4. The number of pyridine rings is 1. The minimum atomic E-state index is -0.725. The number of nitrogens with zero attached hydrogens (tertiary/aromatic N) is 9. The Morgan fingerprint density at radius 2 is 1.63 bits per heavy atom. The van der Waals surface area contributed by atoms with Gasteiger partial charge in [0, 0.05) is 107 Å². The van der Waals surface area contributed by atoms with Crippen molar-refractivity contribution in [1.82, 2.24) is 39.2 Å². The van der Waals surface area contributed by atoms with Gasteiger partial charge < -0.3 is 29.4 Å². The van der Waals surface area contributed by atoms with Crippen LogP contribution in [0.5, 0.6) is 11.8 Å². The van der Waals surface area contributed by atoms with E-state index in [9.17, 15) is 19.5 Å². The SMILES string of the molecule is C#Cc1c(F)ccc2cc(O)cc(-c3ncc4c(N5CCCCCC5)nc(OCC5(CN6CCN(CC7CCN(c8ccc9c(c8)n(C)c(=O)n9C8CCC(=O)NC8=O)CC7)CC6)CC5)nc4c3F)c12. The summed E-state index contributed by atoms with van der Waals surface area (Å²) in [5.41, 5.74) is 2.31. The molecule has 1 unspecified atom stereocenters. The number of rotatable bonds is 11. The number of aromatic nitrogens is 5. The van der Waals surface area contributed by atoms with Crippen LogP contribution < -0.4 is 25.5 Å². The lowest BCUT2D eigenvalue weighted by Gasteiger charge is -2.40. The van der Waals surface area contributed by atoms with Crippen LogP contribution in [0.2, 0.25) is 0 Å². The first-order valence-corrected chi connectivity index (χ1v) is 24.9. The first-order valence-electron chi connectivity index (χ1n) is 24.9. The quantitative estimate of drug-likeness (QED) is 0.108. The van der Waals surface area contributed by atoms with Crippen LogP contribution >= 0.6 is 0 Å². The summed E-state index contributed by atoms with van der Waals surface area (Å²) in [5, 5.41) is 14.3. The molecule has 11 rings (SSSR count). The fourth-order valence-corrected chi connectivity index (χ4v) is 11.4. The molecule has 1 atom stereocenters. The third-order valence-electron chi connectivity index (χ3n) is 15.6. The molecule has 0 spiro atoms. The largest absolute Gasteiger partial charge is 0.508 e. The number of piperazine rings is 1. The normalized spacial score (nSPS) is 20.5. The molecule has 0 radical (unpaired) electrons. The van der Waals surface area contributed by atoms with Crippen molar-refractivity contribution < 1.29 is 28.2 Å². The maximum Gasteiger partial charge on any atom is 0.329 e. The topological polar surface area (TPSA) is 154 Å². The summed E-state index contributed by atoms with van der Waals surface area (Å²) < 4.78 is 41.7. The van der Waals surface area contributed by atoms with E-state index in [0.717, 1.165) is 128 Å². The van der Waals surface area contributed by atoms with Gasteiger partial charge in [0.15, 0.2) is 5.82 Å². The molecule has 7 heterocycles. The van der Waals surface area contributed by atoms with Crippen LogP contribution in [0.25, 0.3) is 44.0 Å². The van der Waals surface area contributed by atoms with Crippen LogP contribution in [-0.4, -0.2) is 123 Å². The number of nitrogens with one attached hydrogen (secondary N) is 1. The molecule has 0 bridgehead atoms. The molecule has 2 N–H and O–H groups in total. The molecule has 5 aliphatic rings. The number of terminal acetylenes is 1. The van der Waals surface area contributed by atoms with E-state index >= 15 is 8.78 Å². The van der Waals surface area contributed by atoms with Gasteiger partial charge in [0.1, 0.15) is 34.6 Å². The van der Waals surface area contributed by atoms with E-state index in [1.807, 2.05) is 12.1 Å². The number of fused-ring (bicyclic) bond motifs is 3. The molecule has 15 nitrogen and oxygen atoms in total. The summed E-state index contributed by atoms with van der Waals surface area (Å²) >= 11 is 0. The molecular weight excluding hydrogens is 895 g/mol. The molecule has 17 heteroatoms. The molecule has 1 saturated carbocycles. The maximum absolute atomic E-state index is 17.1.